The molecular weight excluding hydrogens is 342 g/mol. The summed E-state index contributed by atoms with van der Waals surface area (Å²) in [5, 5.41) is 1.80. The smallest absolute Gasteiger partial charge is 0.335 e. The van der Waals surface area contributed by atoms with Crippen LogP contribution in [0.5, 0.6) is 0 Å². The summed E-state index contributed by atoms with van der Waals surface area (Å²) in [6.45, 7) is 6.23. The number of ether oxygens (including phenoxy) is 1. The lowest BCUT2D eigenvalue weighted by atomic mass is 9.96. The number of anilines is 1. The number of esters is 1. The van der Waals surface area contributed by atoms with E-state index < -0.39 is 0 Å². The van der Waals surface area contributed by atoms with Gasteiger partial charge in [-0.2, -0.15) is 0 Å². The standard InChI is InChI=1S/C20H25N5O2/c1-4-6-14-9-15(20(26)27-5-2)11-25-18(14)19(22-12-23-25)24-16-8-7-13(3)17(21)10-16/h7-8,10-12H,4-6,9,21H2,1-3H3,(H,22,23,24). The van der Waals surface area contributed by atoms with Crippen LogP contribution in [0.1, 0.15) is 38.7 Å². The zero-order valence-electron chi connectivity index (χ0n) is 16.0. The van der Waals surface area contributed by atoms with Gasteiger partial charge in [-0.15, -0.1) is 0 Å². The lowest BCUT2D eigenvalue weighted by Gasteiger charge is -2.33. The Labute approximate surface area is 159 Å². The molecule has 7 heteroatoms. The Morgan fingerprint density at radius 3 is 2.93 bits per heavy atom. The average Bonchev–Trinajstić information content (AvgIpc) is 2.65. The van der Waals surface area contributed by atoms with Crippen LogP contribution < -0.4 is 11.2 Å². The molecule has 2 aliphatic heterocycles. The fourth-order valence-electron chi connectivity index (χ4n) is 3.09. The third kappa shape index (κ3) is 4.02. The molecule has 1 aromatic carbocycles. The molecule has 0 spiro atoms. The summed E-state index contributed by atoms with van der Waals surface area (Å²) in [6.07, 6.45) is 5.65. The van der Waals surface area contributed by atoms with E-state index in [-0.39, 0.29) is 5.97 Å². The highest BCUT2D eigenvalue weighted by Crippen LogP contribution is 2.31. The Kier molecular flexibility index (Phi) is 5.59. The van der Waals surface area contributed by atoms with Crippen LogP contribution in [0.25, 0.3) is 0 Å². The van der Waals surface area contributed by atoms with Crippen LogP contribution in [0.2, 0.25) is 0 Å². The Morgan fingerprint density at radius 1 is 1.41 bits per heavy atom. The van der Waals surface area contributed by atoms with Crippen molar-refractivity contribution < 1.29 is 9.53 Å². The number of allylic oxidation sites excluding steroid dienone is 1. The van der Waals surface area contributed by atoms with Gasteiger partial charge < -0.3 is 10.5 Å². The van der Waals surface area contributed by atoms with Crippen LogP contribution in [-0.4, -0.2) is 29.8 Å². The molecule has 0 fully saturated rings. The minimum atomic E-state index is -0.292. The summed E-state index contributed by atoms with van der Waals surface area (Å²) >= 11 is 0. The predicted octanol–water partition coefficient (Wildman–Crippen LogP) is 3.36. The van der Waals surface area contributed by atoms with Crippen LogP contribution >= 0.6 is 0 Å². The number of hydrogen-bond donors (Lipinski definition) is 2. The van der Waals surface area contributed by atoms with E-state index in [4.69, 9.17) is 15.5 Å². The van der Waals surface area contributed by atoms with Crippen molar-refractivity contribution >= 4 is 29.5 Å². The molecule has 0 bridgehead atoms. The summed E-state index contributed by atoms with van der Waals surface area (Å²) < 4.78 is 5.17. The molecule has 0 saturated carbocycles. The van der Waals surface area contributed by atoms with Crippen molar-refractivity contribution in [1.29, 1.82) is 0 Å². The number of carbonyl (C=O) groups is 1. The molecule has 142 valence electrons. The number of aliphatic imine (C=N–C) groups is 2. The lowest BCUT2D eigenvalue weighted by Crippen LogP contribution is -2.41. The molecule has 0 radical (unpaired) electrons. The van der Waals surface area contributed by atoms with E-state index in [1.807, 2.05) is 25.1 Å². The number of nitrogens with zero attached hydrogens (tertiary/aromatic N) is 3. The van der Waals surface area contributed by atoms with Crippen LogP contribution in [0.4, 0.5) is 11.4 Å². The van der Waals surface area contributed by atoms with Gasteiger partial charge in [0.15, 0.2) is 5.84 Å². The highest BCUT2D eigenvalue weighted by Gasteiger charge is 2.29. The molecule has 0 aromatic heterocycles. The number of hydrogen-bond acceptors (Lipinski definition) is 6. The first-order valence-electron chi connectivity index (χ1n) is 9.16. The van der Waals surface area contributed by atoms with Gasteiger partial charge in [0, 0.05) is 18.3 Å². The maximum absolute atomic E-state index is 12.2. The number of hydrazine groups is 1. The molecular formula is C20H25N5O2. The summed E-state index contributed by atoms with van der Waals surface area (Å²) in [5.74, 6) is 0.305. The monoisotopic (exact) mass is 367 g/mol. The largest absolute Gasteiger partial charge is 0.463 e. The molecule has 0 saturated heterocycles. The van der Waals surface area contributed by atoms with Gasteiger partial charge in [0.2, 0.25) is 0 Å². The molecule has 0 unspecified atom stereocenters. The van der Waals surface area contributed by atoms with Crippen LogP contribution in [0.3, 0.4) is 0 Å². The maximum atomic E-state index is 12.2. The molecule has 0 amide bonds. The van der Waals surface area contributed by atoms with Gasteiger partial charge in [0.05, 0.1) is 17.9 Å². The van der Waals surface area contributed by atoms with E-state index in [0.29, 0.717) is 30.1 Å². The van der Waals surface area contributed by atoms with E-state index in [2.05, 4.69) is 17.3 Å². The van der Waals surface area contributed by atoms with Gasteiger partial charge in [-0.05, 0) is 43.5 Å². The van der Waals surface area contributed by atoms with E-state index in [9.17, 15) is 4.79 Å². The van der Waals surface area contributed by atoms with Gasteiger partial charge >= 0.3 is 5.97 Å². The first kappa shape index (κ1) is 18.7. The summed E-state index contributed by atoms with van der Waals surface area (Å²) in [6, 6.07) is 5.70. The summed E-state index contributed by atoms with van der Waals surface area (Å²) in [4.78, 5) is 21.3. The minimum Gasteiger partial charge on any atom is -0.463 e. The summed E-state index contributed by atoms with van der Waals surface area (Å²) in [7, 11) is 0. The van der Waals surface area contributed by atoms with Crippen molar-refractivity contribution in [3.05, 3.63) is 46.8 Å². The van der Waals surface area contributed by atoms with Crippen LogP contribution in [0, 0.1) is 6.92 Å². The van der Waals surface area contributed by atoms with Crippen molar-refractivity contribution in [2.75, 3.05) is 12.3 Å². The molecule has 1 aromatic rings. The van der Waals surface area contributed by atoms with Gasteiger partial charge in [-0.25, -0.2) is 14.8 Å². The van der Waals surface area contributed by atoms with Gasteiger partial charge in [-0.1, -0.05) is 19.4 Å². The SMILES string of the molecule is CCCC1=C2C(=Nc3ccc(C)c(N)c3)N=CNN2C=C(C(=O)OCC)C1. The second kappa shape index (κ2) is 8.07. The second-order valence-electron chi connectivity index (χ2n) is 6.49. The van der Waals surface area contributed by atoms with E-state index >= 15 is 0 Å². The molecule has 3 N–H and O–H groups in total. The fourth-order valence-corrected chi connectivity index (χ4v) is 3.09. The number of benzene rings is 1. The number of nitrogen functional groups attached to an aromatic ring is 1. The Balaban J connectivity index is 2.00. The van der Waals surface area contributed by atoms with E-state index in [1.54, 1.807) is 24.5 Å². The quantitative estimate of drug-likeness (QED) is 0.615. The number of nitrogens with two attached hydrogens (primary N) is 1. The average molecular weight is 367 g/mol. The first-order valence-corrected chi connectivity index (χ1v) is 9.16. The van der Waals surface area contributed by atoms with E-state index in [1.165, 1.54) is 0 Å². The van der Waals surface area contributed by atoms with Gasteiger partial charge in [0.25, 0.3) is 0 Å². The van der Waals surface area contributed by atoms with Crippen LogP contribution in [0.15, 0.2) is 51.2 Å². The first-order chi connectivity index (χ1) is 13.0. The number of rotatable bonds is 5. The second-order valence-corrected chi connectivity index (χ2v) is 6.49. The highest BCUT2D eigenvalue weighted by molar-refractivity contribution is 6.06. The third-order valence-electron chi connectivity index (χ3n) is 4.45. The van der Waals surface area contributed by atoms with Crippen molar-refractivity contribution in [2.45, 2.75) is 40.0 Å². The van der Waals surface area contributed by atoms with Gasteiger partial charge in [-0.3, -0.25) is 10.4 Å². The van der Waals surface area contributed by atoms with E-state index in [0.717, 1.165) is 35.4 Å². The number of fused-ring (bicyclic) bond motifs is 1. The molecule has 3 rings (SSSR count). The molecule has 0 atom stereocenters. The molecule has 27 heavy (non-hydrogen) atoms. The van der Waals surface area contributed by atoms with Crippen molar-refractivity contribution in [1.82, 2.24) is 10.4 Å². The topological polar surface area (TPSA) is 92.3 Å². The number of carbonyl (C=O) groups excluding carboxylic acids is 1. The maximum Gasteiger partial charge on any atom is 0.335 e. The van der Waals surface area contributed by atoms with Gasteiger partial charge in [0.1, 0.15) is 12.0 Å². The normalized spacial score (nSPS) is 17.5. The van der Waals surface area contributed by atoms with Crippen molar-refractivity contribution in [2.24, 2.45) is 9.98 Å². The predicted molar refractivity (Wildman–Crippen MR) is 107 cm³/mol. The lowest BCUT2D eigenvalue weighted by molar-refractivity contribution is -0.138. The highest BCUT2D eigenvalue weighted by atomic mass is 16.5. The Hall–Kier alpha value is -3.09. The zero-order valence-corrected chi connectivity index (χ0v) is 16.0. The zero-order chi connectivity index (χ0) is 19.4. The fraction of sp³-hybridized carbons (Fsp3) is 0.350. The molecule has 7 nitrogen and oxygen atoms in total. The number of aryl methyl sites for hydroxylation is 1. The Bertz CT molecular complexity index is 867. The van der Waals surface area contributed by atoms with Crippen LogP contribution in [-0.2, 0) is 9.53 Å². The molecule has 0 aliphatic carbocycles. The number of nitrogens with one attached hydrogen (secondary N) is 1. The minimum absolute atomic E-state index is 0.292. The van der Waals surface area contributed by atoms with Crippen molar-refractivity contribution in [3.8, 4) is 0 Å². The molecule has 2 heterocycles. The third-order valence-corrected chi connectivity index (χ3v) is 4.45. The Morgan fingerprint density at radius 2 is 2.22 bits per heavy atom. The number of amidine groups is 1. The van der Waals surface area contributed by atoms with Crippen molar-refractivity contribution in [3.63, 3.8) is 0 Å². The summed E-state index contributed by atoms with van der Waals surface area (Å²) in [5.41, 5.74) is 14.1. The molecule has 2 aliphatic rings.